The number of rotatable bonds is 9. The third-order valence-corrected chi connectivity index (χ3v) is 9.52. The summed E-state index contributed by atoms with van der Waals surface area (Å²) < 4.78 is 17.5. The Labute approximate surface area is 237 Å². The largest absolute Gasteiger partial charge is 0.487 e. The molecule has 2 aromatic rings. The first kappa shape index (κ1) is 27.2. The molecule has 0 N–H and O–H groups in total. The number of hydrogen-bond acceptors (Lipinski definition) is 8. The third-order valence-electron chi connectivity index (χ3n) is 9.15. The number of nitro benzene ring substituents is 1. The molecule has 7 rings (SSSR count). The number of esters is 1. The van der Waals surface area contributed by atoms with Crippen molar-refractivity contribution >= 4 is 29.3 Å². The van der Waals surface area contributed by atoms with Crippen molar-refractivity contribution < 1.29 is 33.7 Å². The number of ether oxygens (including phenoxy) is 3. The summed E-state index contributed by atoms with van der Waals surface area (Å²) in [6, 6.07) is 9.78. The van der Waals surface area contributed by atoms with Gasteiger partial charge < -0.3 is 14.2 Å². The Hall–Kier alpha value is -2.98. The van der Waals surface area contributed by atoms with Crippen LogP contribution in [0.5, 0.6) is 5.75 Å². The molecule has 4 bridgehead atoms. The fourth-order valence-electron chi connectivity index (χ4n) is 7.65. The van der Waals surface area contributed by atoms with Crippen LogP contribution in [-0.2, 0) is 36.4 Å². The Balaban J connectivity index is 1.37. The predicted molar refractivity (Wildman–Crippen MR) is 145 cm³/mol. The number of methoxy groups -OCH3 is 1. The summed E-state index contributed by atoms with van der Waals surface area (Å²) in [6.07, 6.45) is 8.56. The van der Waals surface area contributed by atoms with Gasteiger partial charge in [0.15, 0.2) is 5.60 Å². The van der Waals surface area contributed by atoms with Gasteiger partial charge in [0.05, 0.1) is 16.6 Å². The van der Waals surface area contributed by atoms with Crippen LogP contribution in [0.2, 0.25) is 5.02 Å². The number of nitrogens with zero attached hydrogens (tertiary/aromatic N) is 1. The highest BCUT2D eigenvalue weighted by Gasteiger charge is 2.77. The maximum Gasteiger partial charge on any atom is 0.330 e. The third kappa shape index (κ3) is 4.22. The van der Waals surface area contributed by atoms with Gasteiger partial charge in [-0.1, -0.05) is 23.7 Å². The van der Waals surface area contributed by atoms with Crippen LogP contribution in [0.4, 0.5) is 5.69 Å². The van der Waals surface area contributed by atoms with Gasteiger partial charge in [0.2, 0.25) is 0 Å². The minimum absolute atomic E-state index is 0.00743. The maximum absolute atomic E-state index is 12.1. The molecule has 4 saturated carbocycles. The standard InChI is InChI=1S/C30H32ClNO8/c1-3-37-26(33)11-7-21-6-10-25(27(31)28(21)38-17-18-4-8-24(9-5-18)32(34)35)30(36-2)29(39-40-30)22-13-19-12-20(15-22)16-23(29)14-19/h4-11,19-20,22-23H,3,12-17H2,1-2H3/b11-7+. The highest BCUT2D eigenvalue weighted by Crippen LogP contribution is 2.70. The molecule has 40 heavy (non-hydrogen) atoms. The molecule has 1 saturated heterocycles. The van der Waals surface area contributed by atoms with Gasteiger partial charge in [0, 0.05) is 36.4 Å². The topological polar surface area (TPSA) is 106 Å². The molecule has 10 heteroatoms. The molecule has 1 unspecified atom stereocenters. The van der Waals surface area contributed by atoms with Crippen molar-refractivity contribution in [3.63, 3.8) is 0 Å². The summed E-state index contributed by atoms with van der Waals surface area (Å²) in [6.45, 7) is 2.09. The fourth-order valence-corrected chi connectivity index (χ4v) is 8.00. The Bertz CT molecular complexity index is 1310. The summed E-state index contributed by atoms with van der Waals surface area (Å²) in [5, 5.41) is 11.3. The lowest BCUT2D eigenvalue weighted by Crippen LogP contribution is -2.76. The molecule has 1 aliphatic heterocycles. The van der Waals surface area contributed by atoms with Gasteiger partial charge in [-0.3, -0.25) is 10.1 Å². The average Bonchev–Trinajstić information content (AvgIpc) is 2.92. The summed E-state index contributed by atoms with van der Waals surface area (Å²) in [5.74, 6) is 0.714. The average molecular weight is 570 g/mol. The van der Waals surface area contributed by atoms with Crippen molar-refractivity contribution in [2.45, 2.75) is 57.0 Å². The van der Waals surface area contributed by atoms with Crippen molar-refractivity contribution in [3.8, 4) is 5.75 Å². The molecule has 212 valence electrons. The van der Waals surface area contributed by atoms with Gasteiger partial charge in [-0.05, 0) is 86.5 Å². The second-order valence-corrected chi connectivity index (χ2v) is 11.6. The van der Waals surface area contributed by atoms with Crippen LogP contribution < -0.4 is 4.74 Å². The Kier molecular flexibility index (Phi) is 7.11. The fraction of sp³-hybridized carbons (Fsp3) is 0.500. The molecular weight excluding hydrogens is 538 g/mol. The normalized spacial score (nSPS) is 31.9. The second kappa shape index (κ2) is 10.4. The van der Waals surface area contributed by atoms with Crippen LogP contribution in [0.3, 0.4) is 0 Å². The number of carbonyl (C=O) groups is 1. The van der Waals surface area contributed by atoms with E-state index in [9.17, 15) is 14.9 Å². The molecule has 0 radical (unpaired) electrons. The molecule has 5 aliphatic rings. The molecule has 1 heterocycles. The number of halogens is 1. The summed E-state index contributed by atoms with van der Waals surface area (Å²) in [4.78, 5) is 34.7. The van der Waals surface area contributed by atoms with Gasteiger partial charge in [-0.2, -0.15) is 4.89 Å². The zero-order valence-corrected chi connectivity index (χ0v) is 23.2. The van der Waals surface area contributed by atoms with E-state index in [0.29, 0.717) is 33.7 Å². The van der Waals surface area contributed by atoms with Crippen molar-refractivity contribution in [1.82, 2.24) is 0 Å². The van der Waals surface area contributed by atoms with Crippen LogP contribution in [0.15, 0.2) is 42.5 Å². The maximum atomic E-state index is 12.1. The van der Waals surface area contributed by atoms with E-state index in [1.54, 1.807) is 32.2 Å². The summed E-state index contributed by atoms with van der Waals surface area (Å²) >= 11 is 7.12. The van der Waals surface area contributed by atoms with Crippen LogP contribution in [-0.4, -0.2) is 30.2 Å². The lowest BCUT2D eigenvalue weighted by molar-refractivity contribution is -0.645. The number of hydrogen-bond donors (Lipinski definition) is 0. The zero-order chi connectivity index (χ0) is 28.1. The molecular formula is C30H32ClNO8. The first-order valence-electron chi connectivity index (χ1n) is 13.8. The number of benzene rings is 2. The molecule has 2 aromatic carbocycles. The SMILES string of the molecule is CCOC(=O)/C=C/c1ccc(C2(OC)OOC23C2CC4CC(C2)CC3C4)c(Cl)c1OCc1ccc([N+](=O)[O-])cc1. The second-order valence-electron chi connectivity index (χ2n) is 11.2. The Morgan fingerprint density at radius 2 is 1.75 bits per heavy atom. The van der Waals surface area contributed by atoms with E-state index in [1.165, 1.54) is 24.6 Å². The smallest absolute Gasteiger partial charge is 0.330 e. The summed E-state index contributed by atoms with van der Waals surface area (Å²) in [7, 11) is 1.62. The Morgan fingerprint density at radius 3 is 2.30 bits per heavy atom. The highest BCUT2D eigenvalue weighted by molar-refractivity contribution is 6.33. The molecule has 4 aliphatic carbocycles. The molecule has 9 nitrogen and oxygen atoms in total. The lowest BCUT2D eigenvalue weighted by Gasteiger charge is -2.68. The molecule has 0 amide bonds. The summed E-state index contributed by atoms with van der Waals surface area (Å²) in [5.41, 5.74) is 1.26. The molecule has 0 aromatic heterocycles. The van der Waals surface area contributed by atoms with Crippen molar-refractivity contribution in [2.24, 2.45) is 23.7 Å². The molecule has 5 fully saturated rings. The van der Waals surface area contributed by atoms with Crippen LogP contribution >= 0.6 is 11.6 Å². The number of nitro groups is 1. The van der Waals surface area contributed by atoms with Gasteiger partial charge in [0.1, 0.15) is 12.4 Å². The zero-order valence-electron chi connectivity index (χ0n) is 22.5. The van der Waals surface area contributed by atoms with Gasteiger partial charge in [-0.15, -0.1) is 0 Å². The number of non-ortho nitro benzene ring substituents is 1. The van der Waals surface area contributed by atoms with Crippen molar-refractivity contribution in [2.75, 3.05) is 13.7 Å². The van der Waals surface area contributed by atoms with E-state index < -0.39 is 22.3 Å². The van der Waals surface area contributed by atoms with E-state index in [4.69, 9.17) is 35.6 Å². The van der Waals surface area contributed by atoms with Gasteiger partial charge in [0.25, 0.3) is 11.5 Å². The van der Waals surface area contributed by atoms with Gasteiger partial charge in [-0.25, -0.2) is 9.68 Å². The highest BCUT2D eigenvalue weighted by atomic mass is 35.5. The van der Waals surface area contributed by atoms with Gasteiger partial charge >= 0.3 is 5.97 Å². The van der Waals surface area contributed by atoms with Crippen molar-refractivity contribution in [3.05, 3.63) is 74.3 Å². The van der Waals surface area contributed by atoms with Crippen LogP contribution in [0, 0.1) is 33.8 Å². The van der Waals surface area contributed by atoms with E-state index in [2.05, 4.69) is 0 Å². The number of carbonyl (C=O) groups excluding carboxylic acids is 1. The minimum Gasteiger partial charge on any atom is -0.487 e. The first-order valence-corrected chi connectivity index (χ1v) is 14.1. The van der Waals surface area contributed by atoms with E-state index in [0.717, 1.165) is 43.1 Å². The van der Waals surface area contributed by atoms with E-state index in [1.807, 2.05) is 12.1 Å². The van der Waals surface area contributed by atoms with Crippen molar-refractivity contribution in [1.29, 1.82) is 0 Å². The molecule has 1 atom stereocenters. The monoisotopic (exact) mass is 569 g/mol. The van der Waals surface area contributed by atoms with E-state index >= 15 is 0 Å². The minimum atomic E-state index is -1.19. The first-order chi connectivity index (χ1) is 19.3. The van der Waals surface area contributed by atoms with Crippen LogP contribution in [0.25, 0.3) is 6.08 Å². The van der Waals surface area contributed by atoms with E-state index in [-0.39, 0.29) is 18.9 Å². The Morgan fingerprint density at radius 1 is 1.07 bits per heavy atom. The lowest BCUT2D eigenvalue weighted by atomic mass is 9.47. The predicted octanol–water partition coefficient (Wildman–Crippen LogP) is 6.36. The van der Waals surface area contributed by atoms with Crippen LogP contribution in [0.1, 0.15) is 55.7 Å². The molecule has 1 spiro atoms. The quantitative estimate of drug-likeness (QED) is 0.113.